The van der Waals surface area contributed by atoms with Crippen molar-refractivity contribution in [3.05, 3.63) is 98.0 Å². The van der Waals surface area contributed by atoms with E-state index in [1.54, 1.807) is 18.2 Å². The SMILES string of the molecule is Cc1ccc(-c2nc(NN=C(Cc3ccccc3[N+](=O)[O-])C(=O)O)sc2-c2ccc(Cl)c(Cl)c2)cc1. The third kappa shape index (κ3) is 5.71. The Balaban J connectivity index is 1.71. The van der Waals surface area contributed by atoms with Crippen molar-refractivity contribution < 1.29 is 14.8 Å². The van der Waals surface area contributed by atoms with Gasteiger partial charge in [0.1, 0.15) is 5.71 Å². The van der Waals surface area contributed by atoms with Gasteiger partial charge in [-0.1, -0.05) is 88.6 Å². The lowest BCUT2D eigenvalue weighted by Gasteiger charge is -2.05. The van der Waals surface area contributed by atoms with Crippen molar-refractivity contribution in [3.8, 4) is 21.7 Å². The van der Waals surface area contributed by atoms with E-state index in [0.29, 0.717) is 20.9 Å². The van der Waals surface area contributed by atoms with Gasteiger partial charge in [-0.25, -0.2) is 9.78 Å². The Kier molecular flexibility index (Phi) is 7.64. The van der Waals surface area contributed by atoms with E-state index in [0.717, 1.165) is 21.6 Å². The molecule has 2 N–H and O–H groups in total. The number of carboxylic acid groups (broad SMARTS) is 1. The number of anilines is 1. The number of carboxylic acids is 1. The van der Waals surface area contributed by atoms with Gasteiger partial charge in [0.2, 0.25) is 5.13 Å². The molecule has 0 spiro atoms. The maximum Gasteiger partial charge on any atom is 0.352 e. The topological polar surface area (TPSA) is 118 Å². The lowest BCUT2D eigenvalue weighted by molar-refractivity contribution is -0.385. The molecule has 0 amide bonds. The maximum atomic E-state index is 11.8. The predicted octanol–water partition coefficient (Wildman–Crippen LogP) is 7.10. The van der Waals surface area contributed by atoms with Crippen LogP contribution in [0.1, 0.15) is 11.1 Å². The number of carbonyl (C=O) groups is 1. The molecule has 0 aliphatic rings. The van der Waals surface area contributed by atoms with E-state index in [-0.39, 0.29) is 23.4 Å². The fourth-order valence-electron chi connectivity index (χ4n) is 3.41. The summed E-state index contributed by atoms with van der Waals surface area (Å²) in [5, 5.41) is 26.1. The Bertz CT molecular complexity index is 1490. The van der Waals surface area contributed by atoms with Crippen LogP contribution in [0.15, 0.2) is 71.8 Å². The first-order chi connectivity index (χ1) is 17.2. The molecule has 1 heterocycles. The van der Waals surface area contributed by atoms with Crippen LogP contribution in [0.4, 0.5) is 10.8 Å². The first-order valence-corrected chi connectivity index (χ1v) is 12.1. The van der Waals surface area contributed by atoms with E-state index in [1.165, 1.54) is 29.5 Å². The number of thiazole rings is 1. The van der Waals surface area contributed by atoms with Crippen LogP contribution >= 0.6 is 34.5 Å². The predicted molar refractivity (Wildman–Crippen MR) is 143 cm³/mol. The molecule has 8 nitrogen and oxygen atoms in total. The number of hydrogen-bond donors (Lipinski definition) is 2. The Hall–Kier alpha value is -3.79. The normalized spacial score (nSPS) is 11.4. The number of nitro groups is 1. The number of aromatic nitrogens is 1. The molecule has 1 aromatic heterocycles. The zero-order chi connectivity index (χ0) is 25.8. The van der Waals surface area contributed by atoms with E-state index in [9.17, 15) is 20.0 Å². The average Bonchev–Trinajstić information content (AvgIpc) is 3.28. The zero-order valence-electron chi connectivity index (χ0n) is 18.7. The standard InChI is InChI=1S/C25H18Cl2N4O4S/c1-14-6-8-15(9-7-14)22-23(17-10-11-18(26)19(27)12-17)36-25(28-22)30-29-20(24(32)33)13-16-4-2-3-5-21(16)31(34)35/h2-12H,13H2,1H3,(H,28,30)(H,32,33). The van der Waals surface area contributed by atoms with E-state index in [4.69, 9.17) is 23.2 Å². The first-order valence-electron chi connectivity index (χ1n) is 10.5. The summed E-state index contributed by atoms with van der Waals surface area (Å²) in [5.74, 6) is -1.30. The van der Waals surface area contributed by atoms with Gasteiger partial charge in [0.25, 0.3) is 5.69 Å². The number of hydrogen-bond acceptors (Lipinski definition) is 7. The van der Waals surface area contributed by atoms with Crippen molar-refractivity contribution in [2.75, 3.05) is 5.43 Å². The lowest BCUT2D eigenvalue weighted by atomic mass is 10.1. The monoisotopic (exact) mass is 540 g/mol. The van der Waals surface area contributed by atoms with Gasteiger partial charge in [0.15, 0.2) is 0 Å². The highest BCUT2D eigenvalue weighted by Gasteiger charge is 2.20. The Labute approximate surface area is 220 Å². The second kappa shape index (κ2) is 10.9. The van der Waals surface area contributed by atoms with Crippen molar-refractivity contribution in [1.29, 1.82) is 0 Å². The lowest BCUT2D eigenvalue weighted by Crippen LogP contribution is -2.18. The molecule has 0 atom stereocenters. The summed E-state index contributed by atoms with van der Waals surface area (Å²) in [6.45, 7) is 1.98. The number of aryl methyl sites for hydroxylation is 1. The number of aliphatic carboxylic acids is 1. The summed E-state index contributed by atoms with van der Waals surface area (Å²) in [4.78, 5) is 28.0. The van der Waals surface area contributed by atoms with Gasteiger partial charge in [-0.05, 0) is 24.6 Å². The van der Waals surface area contributed by atoms with Crippen LogP contribution in [0.25, 0.3) is 21.7 Å². The van der Waals surface area contributed by atoms with Crippen LogP contribution in [-0.4, -0.2) is 26.7 Å². The molecule has 36 heavy (non-hydrogen) atoms. The molecule has 0 bridgehead atoms. The molecule has 0 fully saturated rings. The van der Waals surface area contributed by atoms with Crippen molar-refractivity contribution in [1.82, 2.24) is 4.98 Å². The fourth-order valence-corrected chi connectivity index (χ4v) is 4.63. The number of hydrazone groups is 1. The third-order valence-electron chi connectivity index (χ3n) is 5.21. The van der Waals surface area contributed by atoms with Crippen LogP contribution in [-0.2, 0) is 11.2 Å². The molecule has 0 aliphatic heterocycles. The summed E-state index contributed by atoms with van der Waals surface area (Å²) < 4.78 is 0. The highest BCUT2D eigenvalue weighted by atomic mass is 35.5. The molecule has 0 saturated heterocycles. The maximum absolute atomic E-state index is 11.8. The van der Waals surface area contributed by atoms with Crippen molar-refractivity contribution in [2.45, 2.75) is 13.3 Å². The molecular formula is C25H18Cl2N4O4S. The Morgan fingerprint density at radius 2 is 1.78 bits per heavy atom. The van der Waals surface area contributed by atoms with E-state index < -0.39 is 10.9 Å². The molecule has 4 aromatic rings. The van der Waals surface area contributed by atoms with Crippen LogP contribution in [0.5, 0.6) is 0 Å². The minimum Gasteiger partial charge on any atom is -0.477 e. The zero-order valence-corrected chi connectivity index (χ0v) is 21.1. The summed E-state index contributed by atoms with van der Waals surface area (Å²) in [7, 11) is 0. The molecule has 0 aliphatic carbocycles. The summed E-state index contributed by atoms with van der Waals surface area (Å²) in [5.41, 5.74) is 5.87. The molecule has 3 aromatic carbocycles. The number of nitrogens with zero attached hydrogens (tertiary/aromatic N) is 3. The molecule has 182 valence electrons. The van der Waals surface area contributed by atoms with Gasteiger partial charge in [-0.3, -0.25) is 15.5 Å². The third-order valence-corrected chi connectivity index (χ3v) is 6.96. The van der Waals surface area contributed by atoms with Crippen LogP contribution < -0.4 is 5.43 Å². The summed E-state index contributed by atoms with van der Waals surface area (Å²) in [6, 6.07) is 19.0. The second-order valence-electron chi connectivity index (χ2n) is 7.73. The number of para-hydroxylation sites is 1. The van der Waals surface area contributed by atoms with Gasteiger partial charge in [0, 0.05) is 23.6 Å². The molecule has 4 rings (SSSR count). The van der Waals surface area contributed by atoms with E-state index >= 15 is 0 Å². The largest absolute Gasteiger partial charge is 0.477 e. The smallest absolute Gasteiger partial charge is 0.352 e. The van der Waals surface area contributed by atoms with Crippen LogP contribution in [0, 0.1) is 17.0 Å². The minimum absolute atomic E-state index is 0.177. The highest BCUT2D eigenvalue weighted by molar-refractivity contribution is 7.19. The minimum atomic E-state index is -1.30. The second-order valence-corrected chi connectivity index (χ2v) is 9.54. The van der Waals surface area contributed by atoms with Crippen LogP contribution in [0.3, 0.4) is 0 Å². The first kappa shape index (κ1) is 25.3. The van der Waals surface area contributed by atoms with E-state index in [1.807, 2.05) is 37.3 Å². The molecule has 0 radical (unpaired) electrons. The highest BCUT2D eigenvalue weighted by Crippen LogP contribution is 2.41. The molecule has 0 saturated carbocycles. The number of nitro benzene ring substituents is 1. The number of halogens is 2. The van der Waals surface area contributed by atoms with Gasteiger partial charge in [-0.2, -0.15) is 5.10 Å². The van der Waals surface area contributed by atoms with Gasteiger partial charge < -0.3 is 5.11 Å². The molecule has 11 heteroatoms. The van der Waals surface area contributed by atoms with Gasteiger partial charge in [0.05, 0.1) is 25.5 Å². The Morgan fingerprint density at radius 1 is 1.08 bits per heavy atom. The average molecular weight is 541 g/mol. The number of nitrogens with one attached hydrogen (secondary N) is 1. The summed E-state index contributed by atoms with van der Waals surface area (Å²) >= 11 is 13.6. The quantitative estimate of drug-likeness (QED) is 0.140. The van der Waals surface area contributed by atoms with Gasteiger partial charge in [-0.15, -0.1) is 0 Å². The van der Waals surface area contributed by atoms with Crippen LogP contribution in [0.2, 0.25) is 10.0 Å². The number of benzene rings is 3. The van der Waals surface area contributed by atoms with Crippen molar-refractivity contribution in [3.63, 3.8) is 0 Å². The Morgan fingerprint density at radius 3 is 2.44 bits per heavy atom. The molecular weight excluding hydrogens is 523 g/mol. The van der Waals surface area contributed by atoms with Gasteiger partial charge >= 0.3 is 5.97 Å². The molecule has 0 unspecified atom stereocenters. The van der Waals surface area contributed by atoms with Crippen molar-refractivity contribution in [2.24, 2.45) is 5.10 Å². The summed E-state index contributed by atoms with van der Waals surface area (Å²) in [6.07, 6.45) is -0.241. The van der Waals surface area contributed by atoms with Crippen molar-refractivity contribution >= 4 is 57.0 Å². The fraction of sp³-hybridized carbons (Fsp3) is 0.0800. The number of rotatable bonds is 8. The van der Waals surface area contributed by atoms with E-state index in [2.05, 4.69) is 15.5 Å².